The maximum atomic E-state index is 12.4. The van der Waals surface area contributed by atoms with E-state index < -0.39 is 0 Å². The van der Waals surface area contributed by atoms with Crippen molar-refractivity contribution >= 4 is 11.5 Å². The second kappa shape index (κ2) is 5.53. The van der Waals surface area contributed by atoms with Crippen LogP contribution in [0.3, 0.4) is 0 Å². The predicted molar refractivity (Wildman–Crippen MR) is 88.8 cm³/mol. The molecule has 0 spiro atoms. The van der Waals surface area contributed by atoms with Crippen LogP contribution in [0.1, 0.15) is 36.0 Å². The van der Waals surface area contributed by atoms with Crippen LogP contribution in [-0.2, 0) is 25.8 Å². The standard InChI is InChI=1S/C17H19N5O/c1-2-11-6-3-4-8-13(11)18-10-15-20-17-19-14-9-5-7-12(14)16(23)22(17)21-15/h3-4,6,8,18H,2,5,7,9-10H2,1H3,(H,19,20,21). The Morgan fingerprint density at radius 3 is 3.00 bits per heavy atom. The molecule has 6 heteroatoms. The molecule has 0 bridgehead atoms. The minimum absolute atomic E-state index is 0.00444. The quantitative estimate of drug-likeness (QED) is 0.774. The maximum absolute atomic E-state index is 12.4. The number of nitrogens with one attached hydrogen (secondary N) is 2. The molecule has 3 aromatic rings. The number of rotatable bonds is 4. The maximum Gasteiger partial charge on any atom is 0.277 e. The highest BCUT2D eigenvalue weighted by Crippen LogP contribution is 2.18. The zero-order valence-corrected chi connectivity index (χ0v) is 13.1. The summed E-state index contributed by atoms with van der Waals surface area (Å²) in [5.41, 5.74) is 4.10. The van der Waals surface area contributed by atoms with E-state index >= 15 is 0 Å². The first-order chi connectivity index (χ1) is 11.3. The van der Waals surface area contributed by atoms with Crippen LogP contribution in [0, 0.1) is 0 Å². The highest BCUT2D eigenvalue weighted by atomic mass is 16.1. The van der Waals surface area contributed by atoms with E-state index in [1.54, 1.807) is 0 Å². The Bertz CT molecular complexity index is 924. The number of aromatic amines is 1. The predicted octanol–water partition coefficient (Wildman–Crippen LogP) is 2.08. The molecule has 1 aliphatic rings. The molecule has 1 aliphatic carbocycles. The molecular formula is C17H19N5O. The first-order valence-electron chi connectivity index (χ1n) is 8.07. The molecule has 0 radical (unpaired) electrons. The molecule has 1 aromatic carbocycles. The molecule has 0 atom stereocenters. The lowest BCUT2D eigenvalue weighted by atomic mass is 10.1. The van der Waals surface area contributed by atoms with Gasteiger partial charge in [0.1, 0.15) is 5.82 Å². The van der Waals surface area contributed by atoms with Gasteiger partial charge in [0, 0.05) is 11.3 Å². The van der Waals surface area contributed by atoms with Crippen molar-refractivity contribution in [3.05, 3.63) is 57.3 Å². The molecule has 2 aromatic heterocycles. The van der Waals surface area contributed by atoms with Gasteiger partial charge in [0.05, 0.1) is 12.2 Å². The molecule has 0 amide bonds. The lowest BCUT2D eigenvalue weighted by Gasteiger charge is -2.08. The molecule has 118 valence electrons. The summed E-state index contributed by atoms with van der Waals surface area (Å²) in [5.74, 6) is 1.18. The third-order valence-electron chi connectivity index (χ3n) is 4.41. The SMILES string of the molecule is CCc1ccccc1NCc1nc2nc3c(c(=O)n2[nH]1)CCC3. The van der Waals surface area contributed by atoms with Crippen LogP contribution in [0.5, 0.6) is 0 Å². The van der Waals surface area contributed by atoms with E-state index in [4.69, 9.17) is 0 Å². The number of anilines is 1. The fourth-order valence-electron chi connectivity index (χ4n) is 3.19. The summed E-state index contributed by atoms with van der Waals surface area (Å²) in [5, 5.41) is 6.45. The van der Waals surface area contributed by atoms with Crippen LogP contribution >= 0.6 is 0 Å². The molecular weight excluding hydrogens is 290 g/mol. The second-order valence-corrected chi connectivity index (χ2v) is 5.87. The van der Waals surface area contributed by atoms with E-state index in [2.05, 4.69) is 39.4 Å². The number of nitrogens with zero attached hydrogens (tertiary/aromatic N) is 3. The summed E-state index contributed by atoms with van der Waals surface area (Å²) in [6.45, 7) is 2.66. The number of hydrogen-bond acceptors (Lipinski definition) is 4. The first-order valence-corrected chi connectivity index (χ1v) is 8.07. The third-order valence-corrected chi connectivity index (χ3v) is 4.41. The topological polar surface area (TPSA) is 75.1 Å². The zero-order chi connectivity index (χ0) is 15.8. The van der Waals surface area contributed by atoms with E-state index in [9.17, 15) is 4.79 Å². The molecule has 4 rings (SSSR count). The fraction of sp³-hybridized carbons (Fsp3) is 0.353. The van der Waals surface area contributed by atoms with Gasteiger partial charge in [0.15, 0.2) is 0 Å². The highest BCUT2D eigenvalue weighted by molar-refractivity contribution is 5.51. The number of H-pyrrole nitrogens is 1. The first kappa shape index (κ1) is 14.0. The smallest absolute Gasteiger partial charge is 0.277 e. The van der Waals surface area contributed by atoms with E-state index in [0.717, 1.165) is 42.6 Å². The van der Waals surface area contributed by atoms with Gasteiger partial charge in [-0.05, 0) is 37.3 Å². The van der Waals surface area contributed by atoms with Crippen molar-refractivity contribution in [3.63, 3.8) is 0 Å². The van der Waals surface area contributed by atoms with Crippen LogP contribution < -0.4 is 10.9 Å². The summed E-state index contributed by atoms with van der Waals surface area (Å²) >= 11 is 0. The third kappa shape index (κ3) is 2.40. The summed E-state index contributed by atoms with van der Waals surface area (Å²) in [6.07, 6.45) is 3.68. The highest BCUT2D eigenvalue weighted by Gasteiger charge is 2.19. The Morgan fingerprint density at radius 2 is 2.13 bits per heavy atom. The fourth-order valence-corrected chi connectivity index (χ4v) is 3.19. The van der Waals surface area contributed by atoms with Gasteiger partial charge >= 0.3 is 0 Å². The average molecular weight is 309 g/mol. The molecule has 23 heavy (non-hydrogen) atoms. The molecule has 0 fully saturated rings. The van der Waals surface area contributed by atoms with Gasteiger partial charge in [-0.25, -0.2) is 4.98 Å². The van der Waals surface area contributed by atoms with Crippen LogP contribution in [-0.4, -0.2) is 19.6 Å². The van der Waals surface area contributed by atoms with Gasteiger partial charge < -0.3 is 5.32 Å². The molecule has 0 unspecified atom stereocenters. The van der Waals surface area contributed by atoms with Crippen LogP contribution in [0.25, 0.3) is 5.78 Å². The molecule has 0 saturated heterocycles. The summed E-state index contributed by atoms with van der Waals surface area (Å²) in [7, 11) is 0. The van der Waals surface area contributed by atoms with Gasteiger partial charge in [0.2, 0.25) is 0 Å². The number of para-hydroxylation sites is 1. The Morgan fingerprint density at radius 1 is 1.26 bits per heavy atom. The normalized spacial score (nSPS) is 13.4. The lowest BCUT2D eigenvalue weighted by Crippen LogP contribution is -2.20. The monoisotopic (exact) mass is 309 g/mol. The summed E-state index contributed by atoms with van der Waals surface area (Å²) in [6, 6.07) is 8.21. The Hall–Kier alpha value is -2.63. The summed E-state index contributed by atoms with van der Waals surface area (Å²) < 4.78 is 1.47. The minimum atomic E-state index is -0.00444. The molecule has 2 N–H and O–H groups in total. The number of fused-ring (bicyclic) bond motifs is 2. The van der Waals surface area contributed by atoms with Crippen molar-refractivity contribution in [2.45, 2.75) is 39.2 Å². The van der Waals surface area contributed by atoms with E-state index in [0.29, 0.717) is 18.1 Å². The Labute approximate surface area is 133 Å². The second-order valence-electron chi connectivity index (χ2n) is 5.87. The van der Waals surface area contributed by atoms with E-state index in [1.807, 2.05) is 12.1 Å². The van der Waals surface area contributed by atoms with Gasteiger partial charge in [-0.15, -0.1) is 0 Å². The molecule has 0 saturated carbocycles. The van der Waals surface area contributed by atoms with Crippen molar-refractivity contribution in [2.24, 2.45) is 0 Å². The van der Waals surface area contributed by atoms with E-state index in [-0.39, 0.29) is 5.56 Å². The minimum Gasteiger partial charge on any atom is -0.378 e. The van der Waals surface area contributed by atoms with Crippen molar-refractivity contribution in [2.75, 3.05) is 5.32 Å². The van der Waals surface area contributed by atoms with Gasteiger partial charge in [-0.2, -0.15) is 9.50 Å². The number of aryl methyl sites for hydroxylation is 2. The number of benzene rings is 1. The van der Waals surface area contributed by atoms with Crippen molar-refractivity contribution < 1.29 is 0 Å². The van der Waals surface area contributed by atoms with Crippen molar-refractivity contribution in [3.8, 4) is 0 Å². The van der Waals surface area contributed by atoms with Crippen LogP contribution in [0.2, 0.25) is 0 Å². The number of hydrogen-bond donors (Lipinski definition) is 2. The molecule has 2 heterocycles. The van der Waals surface area contributed by atoms with Gasteiger partial charge in [-0.1, -0.05) is 25.1 Å². The van der Waals surface area contributed by atoms with Crippen LogP contribution in [0.4, 0.5) is 5.69 Å². The zero-order valence-electron chi connectivity index (χ0n) is 13.1. The van der Waals surface area contributed by atoms with Gasteiger partial charge in [-0.3, -0.25) is 9.89 Å². The largest absolute Gasteiger partial charge is 0.378 e. The molecule has 6 nitrogen and oxygen atoms in total. The molecule has 0 aliphatic heterocycles. The van der Waals surface area contributed by atoms with Crippen LogP contribution in [0.15, 0.2) is 29.1 Å². The lowest BCUT2D eigenvalue weighted by molar-refractivity contribution is 0.839. The van der Waals surface area contributed by atoms with Gasteiger partial charge in [0.25, 0.3) is 11.3 Å². The van der Waals surface area contributed by atoms with Crippen molar-refractivity contribution in [1.82, 2.24) is 19.6 Å². The van der Waals surface area contributed by atoms with Crippen molar-refractivity contribution in [1.29, 1.82) is 0 Å². The van der Waals surface area contributed by atoms with E-state index in [1.165, 1.54) is 10.1 Å². The Kier molecular flexibility index (Phi) is 3.37. The number of aromatic nitrogens is 4. The Balaban J connectivity index is 1.63. The summed E-state index contributed by atoms with van der Waals surface area (Å²) in [4.78, 5) is 21.4. The average Bonchev–Trinajstić information content (AvgIpc) is 3.20.